The van der Waals surface area contributed by atoms with Crippen molar-refractivity contribution in [3.05, 3.63) is 77.6 Å². The summed E-state index contributed by atoms with van der Waals surface area (Å²) in [6, 6.07) is 15.9. The molecule has 0 aromatic heterocycles. The van der Waals surface area contributed by atoms with Crippen molar-refractivity contribution in [2.75, 3.05) is 6.54 Å². The summed E-state index contributed by atoms with van der Waals surface area (Å²) < 4.78 is 12.7. The fraction of sp³-hybridized carbons (Fsp3) is 0.118. The van der Waals surface area contributed by atoms with Gasteiger partial charge in [-0.3, -0.25) is 4.79 Å². The van der Waals surface area contributed by atoms with Crippen LogP contribution in [0.4, 0.5) is 4.39 Å². The Kier molecular flexibility index (Phi) is 5.07. The van der Waals surface area contributed by atoms with Gasteiger partial charge in [-0.05, 0) is 35.8 Å². The molecule has 0 saturated carbocycles. The Labute approximate surface area is 118 Å². The molecule has 3 heteroatoms. The van der Waals surface area contributed by atoms with Gasteiger partial charge in [0.1, 0.15) is 5.82 Å². The molecule has 2 aromatic carbocycles. The summed E-state index contributed by atoms with van der Waals surface area (Å²) in [4.78, 5) is 11.6. The molecule has 0 heterocycles. The quantitative estimate of drug-likeness (QED) is 0.830. The molecule has 1 amide bonds. The first-order valence-corrected chi connectivity index (χ1v) is 6.49. The molecule has 0 saturated heterocycles. The van der Waals surface area contributed by atoms with Gasteiger partial charge in [0, 0.05) is 12.6 Å². The first-order valence-electron chi connectivity index (χ1n) is 6.49. The minimum absolute atomic E-state index is 0.129. The molecular formula is C17H16FNO. The number of amides is 1. The smallest absolute Gasteiger partial charge is 0.244 e. The molecule has 0 radical (unpaired) electrons. The number of nitrogens with one attached hydrogen (secondary N) is 1. The van der Waals surface area contributed by atoms with Crippen LogP contribution < -0.4 is 5.32 Å². The lowest BCUT2D eigenvalue weighted by Crippen LogP contribution is -2.23. The van der Waals surface area contributed by atoms with Crippen LogP contribution >= 0.6 is 0 Å². The average Bonchev–Trinajstić information content (AvgIpc) is 2.48. The van der Waals surface area contributed by atoms with Crippen molar-refractivity contribution < 1.29 is 9.18 Å². The van der Waals surface area contributed by atoms with Crippen molar-refractivity contribution >= 4 is 12.0 Å². The van der Waals surface area contributed by atoms with Crippen molar-refractivity contribution in [2.24, 2.45) is 0 Å². The largest absolute Gasteiger partial charge is 0.352 e. The molecule has 0 atom stereocenters. The number of carbonyl (C=O) groups is 1. The van der Waals surface area contributed by atoms with Crippen LogP contribution in [0, 0.1) is 5.82 Å². The molecule has 2 rings (SSSR count). The van der Waals surface area contributed by atoms with E-state index >= 15 is 0 Å². The number of hydrogen-bond acceptors (Lipinski definition) is 1. The molecule has 1 N–H and O–H groups in total. The van der Waals surface area contributed by atoms with Crippen molar-refractivity contribution in [1.29, 1.82) is 0 Å². The summed E-state index contributed by atoms with van der Waals surface area (Å²) in [6.45, 7) is 0.531. The van der Waals surface area contributed by atoms with E-state index in [0.29, 0.717) is 13.0 Å². The standard InChI is InChI=1S/C17H16FNO/c18-16-9-6-15(7-10-16)12-13-19-17(20)11-8-14-4-2-1-3-5-14/h1-11H,12-13H2,(H,19,20). The van der Waals surface area contributed by atoms with Crippen molar-refractivity contribution in [3.8, 4) is 0 Å². The normalized spacial score (nSPS) is 10.7. The van der Waals surface area contributed by atoms with Gasteiger partial charge >= 0.3 is 0 Å². The summed E-state index contributed by atoms with van der Waals surface area (Å²) >= 11 is 0. The lowest BCUT2D eigenvalue weighted by atomic mass is 10.1. The fourth-order valence-electron chi connectivity index (χ4n) is 1.78. The van der Waals surface area contributed by atoms with Crippen LogP contribution in [-0.2, 0) is 11.2 Å². The van der Waals surface area contributed by atoms with E-state index in [1.54, 1.807) is 18.2 Å². The van der Waals surface area contributed by atoms with Crippen molar-refractivity contribution in [1.82, 2.24) is 5.32 Å². The molecule has 0 aliphatic heterocycles. The maximum absolute atomic E-state index is 12.7. The Bertz CT molecular complexity index is 576. The third-order valence-corrected chi connectivity index (χ3v) is 2.85. The van der Waals surface area contributed by atoms with Crippen LogP contribution in [0.3, 0.4) is 0 Å². The van der Waals surface area contributed by atoms with Gasteiger partial charge in [-0.15, -0.1) is 0 Å². The molecule has 0 bridgehead atoms. The molecule has 0 fully saturated rings. The third kappa shape index (κ3) is 4.69. The van der Waals surface area contributed by atoms with E-state index in [1.807, 2.05) is 30.3 Å². The highest BCUT2D eigenvalue weighted by Crippen LogP contribution is 2.03. The van der Waals surface area contributed by atoms with Gasteiger partial charge in [-0.25, -0.2) is 4.39 Å². The van der Waals surface area contributed by atoms with Crippen LogP contribution in [0.5, 0.6) is 0 Å². The van der Waals surface area contributed by atoms with Gasteiger partial charge in [0.15, 0.2) is 0 Å². The highest BCUT2D eigenvalue weighted by molar-refractivity contribution is 5.91. The third-order valence-electron chi connectivity index (χ3n) is 2.85. The zero-order valence-corrected chi connectivity index (χ0v) is 11.1. The van der Waals surface area contributed by atoms with Crippen LogP contribution in [0.25, 0.3) is 6.08 Å². The average molecular weight is 269 g/mol. The number of hydrogen-bond donors (Lipinski definition) is 1. The van der Waals surface area contributed by atoms with E-state index in [4.69, 9.17) is 0 Å². The second-order valence-corrected chi connectivity index (χ2v) is 4.41. The summed E-state index contributed by atoms with van der Waals surface area (Å²) in [6.07, 6.45) is 3.97. The predicted molar refractivity (Wildman–Crippen MR) is 78.6 cm³/mol. The van der Waals surface area contributed by atoms with E-state index < -0.39 is 0 Å². The maximum Gasteiger partial charge on any atom is 0.244 e. The lowest BCUT2D eigenvalue weighted by Gasteiger charge is -2.02. The van der Waals surface area contributed by atoms with Gasteiger partial charge in [0.05, 0.1) is 0 Å². The van der Waals surface area contributed by atoms with Crippen molar-refractivity contribution in [2.45, 2.75) is 6.42 Å². The second kappa shape index (κ2) is 7.24. The van der Waals surface area contributed by atoms with E-state index in [9.17, 15) is 9.18 Å². The van der Waals surface area contributed by atoms with Crippen LogP contribution in [0.2, 0.25) is 0 Å². The van der Waals surface area contributed by atoms with Crippen molar-refractivity contribution in [3.63, 3.8) is 0 Å². The molecule has 0 aliphatic rings. The summed E-state index contributed by atoms with van der Waals surface area (Å²) in [5.74, 6) is -0.375. The number of carbonyl (C=O) groups excluding carboxylic acids is 1. The second-order valence-electron chi connectivity index (χ2n) is 4.41. The Morgan fingerprint density at radius 2 is 1.75 bits per heavy atom. The molecule has 0 unspecified atom stereocenters. The molecular weight excluding hydrogens is 253 g/mol. The van der Waals surface area contributed by atoms with E-state index in [0.717, 1.165) is 11.1 Å². The van der Waals surface area contributed by atoms with E-state index in [1.165, 1.54) is 18.2 Å². The topological polar surface area (TPSA) is 29.1 Å². The molecule has 20 heavy (non-hydrogen) atoms. The highest BCUT2D eigenvalue weighted by Gasteiger charge is 1.97. The summed E-state index contributed by atoms with van der Waals surface area (Å²) in [7, 11) is 0. The first-order chi connectivity index (χ1) is 9.74. The molecule has 2 nitrogen and oxygen atoms in total. The van der Waals surface area contributed by atoms with Crippen LogP contribution in [-0.4, -0.2) is 12.5 Å². The minimum Gasteiger partial charge on any atom is -0.352 e. The number of rotatable bonds is 5. The Hall–Kier alpha value is -2.42. The molecule has 2 aromatic rings. The number of halogens is 1. The van der Waals surface area contributed by atoms with E-state index in [-0.39, 0.29) is 11.7 Å². The first kappa shape index (κ1) is 14.0. The number of benzene rings is 2. The predicted octanol–water partition coefficient (Wildman–Crippen LogP) is 3.20. The van der Waals surface area contributed by atoms with Gasteiger partial charge in [0.25, 0.3) is 0 Å². The monoisotopic (exact) mass is 269 g/mol. The zero-order valence-electron chi connectivity index (χ0n) is 11.1. The fourth-order valence-corrected chi connectivity index (χ4v) is 1.78. The summed E-state index contributed by atoms with van der Waals surface area (Å²) in [5.41, 5.74) is 1.99. The molecule has 102 valence electrons. The highest BCUT2D eigenvalue weighted by atomic mass is 19.1. The lowest BCUT2D eigenvalue weighted by molar-refractivity contribution is -0.116. The molecule has 0 spiro atoms. The van der Waals surface area contributed by atoms with Crippen LogP contribution in [0.15, 0.2) is 60.7 Å². The Morgan fingerprint density at radius 1 is 1.05 bits per heavy atom. The van der Waals surface area contributed by atoms with Gasteiger partial charge in [-0.2, -0.15) is 0 Å². The van der Waals surface area contributed by atoms with Gasteiger partial charge < -0.3 is 5.32 Å². The van der Waals surface area contributed by atoms with E-state index in [2.05, 4.69) is 5.32 Å². The Morgan fingerprint density at radius 3 is 2.45 bits per heavy atom. The maximum atomic E-state index is 12.7. The summed E-state index contributed by atoms with van der Waals surface area (Å²) in [5, 5.41) is 2.80. The van der Waals surface area contributed by atoms with Gasteiger partial charge in [-0.1, -0.05) is 42.5 Å². The zero-order chi connectivity index (χ0) is 14.2. The van der Waals surface area contributed by atoms with Gasteiger partial charge in [0.2, 0.25) is 5.91 Å². The molecule has 0 aliphatic carbocycles. The minimum atomic E-state index is -0.247. The SMILES string of the molecule is O=C(C=Cc1ccccc1)NCCc1ccc(F)cc1. The van der Waals surface area contributed by atoms with Crippen LogP contribution in [0.1, 0.15) is 11.1 Å². The Balaban J connectivity index is 1.75.